The minimum atomic E-state index is -0.159. The number of nitrogens with zero attached hydrogens (tertiary/aromatic N) is 5. The largest absolute Gasteiger partial charge is 0.384 e. The van der Waals surface area contributed by atoms with Gasteiger partial charge in [0.05, 0.1) is 23.0 Å². The van der Waals surface area contributed by atoms with Gasteiger partial charge in [-0.3, -0.25) is 14.0 Å². The lowest BCUT2D eigenvalue weighted by Crippen LogP contribution is -2.21. The summed E-state index contributed by atoms with van der Waals surface area (Å²) in [6.45, 7) is 2.47. The Balaban J connectivity index is 1.96. The van der Waals surface area contributed by atoms with Gasteiger partial charge in [0.15, 0.2) is 11.0 Å². The molecule has 0 atom stereocenters. The Morgan fingerprint density at radius 2 is 1.77 bits per heavy atom. The summed E-state index contributed by atoms with van der Waals surface area (Å²) in [6, 6.07) is 17.0. The van der Waals surface area contributed by atoms with Crippen LogP contribution in [-0.2, 0) is 11.8 Å². The van der Waals surface area contributed by atoms with E-state index in [9.17, 15) is 4.79 Å². The van der Waals surface area contributed by atoms with E-state index >= 15 is 0 Å². The minimum Gasteiger partial charge on any atom is -0.384 e. The van der Waals surface area contributed by atoms with Crippen LogP contribution in [0.5, 0.6) is 0 Å². The summed E-state index contributed by atoms with van der Waals surface area (Å²) in [7, 11) is 3.52. The summed E-state index contributed by atoms with van der Waals surface area (Å²) in [6.07, 6.45) is 0. The SMILES string of the molecule is COCCSc1nnc(-c2ccccc2Cl)n1-c1c(C)n(C)n(-c2ccccc2)c1=O. The Morgan fingerprint density at radius 3 is 2.48 bits per heavy atom. The van der Waals surface area contributed by atoms with Crippen LogP contribution < -0.4 is 5.56 Å². The molecule has 2 aromatic carbocycles. The molecule has 0 aliphatic carbocycles. The van der Waals surface area contributed by atoms with Gasteiger partial charge >= 0.3 is 0 Å². The Labute approximate surface area is 189 Å². The molecule has 0 aliphatic rings. The van der Waals surface area contributed by atoms with Crippen LogP contribution in [0.3, 0.4) is 0 Å². The first kappa shape index (κ1) is 21.4. The maximum Gasteiger partial charge on any atom is 0.296 e. The summed E-state index contributed by atoms with van der Waals surface area (Å²) in [5.41, 5.74) is 2.61. The van der Waals surface area contributed by atoms with Crippen LogP contribution >= 0.6 is 23.4 Å². The zero-order valence-electron chi connectivity index (χ0n) is 17.4. The third-order valence-electron chi connectivity index (χ3n) is 5.01. The van der Waals surface area contributed by atoms with Gasteiger partial charge in [0.1, 0.15) is 5.69 Å². The van der Waals surface area contributed by atoms with Crippen molar-refractivity contribution in [2.24, 2.45) is 7.05 Å². The summed E-state index contributed by atoms with van der Waals surface area (Å²) >= 11 is 7.95. The second-order valence-corrected chi connectivity index (χ2v) is 8.34. The van der Waals surface area contributed by atoms with Crippen molar-refractivity contribution in [3.8, 4) is 22.8 Å². The Hall–Kier alpha value is -2.81. The molecule has 0 radical (unpaired) electrons. The number of benzene rings is 2. The fraction of sp³-hybridized carbons (Fsp3) is 0.227. The van der Waals surface area contributed by atoms with E-state index in [1.165, 1.54) is 11.8 Å². The molecule has 4 aromatic rings. The predicted molar refractivity (Wildman–Crippen MR) is 124 cm³/mol. The lowest BCUT2D eigenvalue weighted by molar-refractivity contribution is 0.218. The first-order valence-electron chi connectivity index (χ1n) is 9.71. The molecule has 160 valence electrons. The highest BCUT2D eigenvalue weighted by atomic mass is 35.5. The van der Waals surface area contributed by atoms with E-state index < -0.39 is 0 Å². The topological polar surface area (TPSA) is 66.9 Å². The Bertz CT molecular complexity index is 1260. The van der Waals surface area contributed by atoms with E-state index in [1.54, 1.807) is 22.4 Å². The molecule has 31 heavy (non-hydrogen) atoms. The van der Waals surface area contributed by atoms with Crippen LogP contribution in [0.1, 0.15) is 5.69 Å². The second kappa shape index (κ2) is 9.13. The molecule has 0 aliphatic heterocycles. The fourth-order valence-corrected chi connectivity index (χ4v) is 4.47. The lowest BCUT2D eigenvalue weighted by atomic mass is 10.2. The van der Waals surface area contributed by atoms with E-state index in [4.69, 9.17) is 16.3 Å². The van der Waals surface area contributed by atoms with E-state index in [-0.39, 0.29) is 5.56 Å². The first-order chi connectivity index (χ1) is 15.0. The summed E-state index contributed by atoms with van der Waals surface area (Å²) in [4.78, 5) is 13.7. The zero-order chi connectivity index (χ0) is 22.0. The highest BCUT2D eigenvalue weighted by Crippen LogP contribution is 2.32. The highest BCUT2D eigenvalue weighted by molar-refractivity contribution is 7.99. The molecule has 4 rings (SSSR count). The smallest absolute Gasteiger partial charge is 0.296 e. The van der Waals surface area contributed by atoms with Crippen molar-refractivity contribution in [2.75, 3.05) is 19.5 Å². The van der Waals surface area contributed by atoms with E-state index in [2.05, 4.69) is 10.2 Å². The van der Waals surface area contributed by atoms with Crippen LogP contribution in [0.15, 0.2) is 64.5 Å². The van der Waals surface area contributed by atoms with Crippen molar-refractivity contribution >= 4 is 23.4 Å². The number of rotatable bonds is 7. The van der Waals surface area contributed by atoms with Crippen molar-refractivity contribution in [3.05, 3.63) is 75.7 Å². The number of hydrogen-bond donors (Lipinski definition) is 0. The number of halogens is 1. The second-order valence-electron chi connectivity index (χ2n) is 6.87. The van der Waals surface area contributed by atoms with Crippen LogP contribution in [0, 0.1) is 6.92 Å². The molecule has 0 bridgehead atoms. The molecular formula is C22H22ClN5O2S. The third-order valence-corrected chi connectivity index (χ3v) is 6.24. The summed E-state index contributed by atoms with van der Waals surface area (Å²) in [5, 5.41) is 9.94. The number of thioether (sulfide) groups is 1. The van der Waals surface area contributed by atoms with Crippen molar-refractivity contribution in [1.29, 1.82) is 0 Å². The van der Waals surface area contributed by atoms with Crippen LogP contribution in [0.25, 0.3) is 22.8 Å². The van der Waals surface area contributed by atoms with Gasteiger partial charge in [-0.15, -0.1) is 10.2 Å². The fourth-order valence-electron chi connectivity index (χ4n) is 3.41. The summed E-state index contributed by atoms with van der Waals surface area (Å²) < 4.78 is 10.5. The number of methoxy groups -OCH3 is 1. The molecule has 2 heterocycles. The van der Waals surface area contributed by atoms with Gasteiger partial charge in [0.25, 0.3) is 5.56 Å². The van der Waals surface area contributed by atoms with Crippen LogP contribution in [0.2, 0.25) is 5.02 Å². The number of aromatic nitrogens is 5. The van der Waals surface area contributed by atoms with Gasteiger partial charge in [0, 0.05) is 25.5 Å². The van der Waals surface area contributed by atoms with Gasteiger partial charge in [-0.05, 0) is 31.2 Å². The molecule has 0 unspecified atom stereocenters. The molecule has 2 aromatic heterocycles. The molecular weight excluding hydrogens is 434 g/mol. The molecule has 0 fully saturated rings. The summed E-state index contributed by atoms with van der Waals surface area (Å²) in [5.74, 6) is 1.20. The molecule has 0 amide bonds. The number of ether oxygens (including phenoxy) is 1. The first-order valence-corrected chi connectivity index (χ1v) is 11.1. The maximum absolute atomic E-state index is 13.7. The number of hydrogen-bond acceptors (Lipinski definition) is 5. The molecule has 7 nitrogen and oxygen atoms in total. The zero-order valence-corrected chi connectivity index (χ0v) is 19.0. The molecule has 0 spiro atoms. The monoisotopic (exact) mass is 455 g/mol. The van der Waals surface area contributed by atoms with Crippen molar-refractivity contribution in [2.45, 2.75) is 12.1 Å². The van der Waals surface area contributed by atoms with Gasteiger partial charge in [-0.25, -0.2) is 4.68 Å². The van der Waals surface area contributed by atoms with Crippen molar-refractivity contribution in [1.82, 2.24) is 24.1 Å². The van der Waals surface area contributed by atoms with Gasteiger partial charge in [0.2, 0.25) is 0 Å². The van der Waals surface area contributed by atoms with Crippen molar-refractivity contribution < 1.29 is 4.74 Å². The van der Waals surface area contributed by atoms with Gasteiger partial charge in [-0.2, -0.15) is 0 Å². The number of para-hydroxylation sites is 1. The quantitative estimate of drug-likeness (QED) is 0.309. The van der Waals surface area contributed by atoms with Gasteiger partial charge in [-0.1, -0.05) is 53.7 Å². The van der Waals surface area contributed by atoms with Gasteiger partial charge < -0.3 is 4.74 Å². The maximum atomic E-state index is 13.7. The highest BCUT2D eigenvalue weighted by Gasteiger charge is 2.25. The van der Waals surface area contributed by atoms with Crippen LogP contribution in [-0.4, -0.2) is 43.6 Å². The molecule has 0 N–H and O–H groups in total. The van der Waals surface area contributed by atoms with E-state index in [0.717, 1.165) is 11.4 Å². The Morgan fingerprint density at radius 1 is 1.06 bits per heavy atom. The molecule has 0 saturated heterocycles. The van der Waals surface area contributed by atoms with Crippen molar-refractivity contribution in [3.63, 3.8) is 0 Å². The third kappa shape index (κ3) is 3.94. The minimum absolute atomic E-state index is 0.159. The average Bonchev–Trinajstić information content (AvgIpc) is 3.27. The van der Waals surface area contributed by atoms with E-state index in [0.29, 0.717) is 39.6 Å². The predicted octanol–water partition coefficient (Wildman–Crippen LogP) is 4.12. The van der Waals surface area contributed by atoms with Crippen LogP contribution in [0.4, 0.5) is 0 Å². The Kier molecular flexibility index (Phi) is 6.31. The molecule has 9 heteroatoms. The normalized spacial score (nSPS) is 11.2. The van der Waals surface area contributed by atoms with E-state index in [1.807, 2.05) is 67.2 Å². The molecule has 0 saturated carbocycles. The lowest BCUT2D eigenvalue weighted by Gasteiger charge is -2.10. The standard InChI is InChI=1S/C22H22ClN5O2S/c1-15-19(21(29)28(26(15)2)16-9-5-4-6-10-16)27-20(17-11-7-8-12-18(17)23)24-25-22(27)31-14-13-30-3/h4-12H,13-14H2,1-3H3. The average molecular weight is 456 g/mol.